The predicted octanol–water partition coefficient (Wildman–Crippen LogP) is 5.49. The van der Waals surface area contributed by atoms with Crippen molar-refractivity contribution in [2.75, 3.05) is 40.4 Å². The molecule has 8 atom stereocenters. The number of rotatable bonds is 4. The number of hydrogen-bond acceptors (Lipinski definition) is 14. The number of cyclic esters (lactones) is 2. The van der Waals surface area contributed by atoms with Crippen LogP contribution >= 0.6 is 0 Å². The van der Waals surface area contributed by atoms with Gasteiger partial charge < -0.3 is 56.8 Å². The van der Waals surface area contributed by atoms with E-state index in [-0.39, 0.29) is 87.2 Å². The molecule has 0 aliphatic carbocycles. The van der Waals surface area contributed by atoms with Crippen LogP contribution in [0.15, 0.2) is 72.8 Å². The molecule has 0 bridgehead atoms. The Balaban J connectivity index is 0.000000126. The van der Waals surface area contributed by atoms with Gasteiger partial charge in [-0.2, -0.15) is 0 Å². The minimum Gasteiger partial charge on any atom is -0.457 e. The van der Waals surface area contributed by atoms with Crippen LogP contribution in [0.1, 0.15) is 46.7 Å². The van der Waals surface area contributed by atoms with E-state index in [9.17, 15) is 9.59 Å². The van der Waals surface area contributed by atoms with Gasteiger partial charge in [0.25, 0.3) is 0 Å². The molecule has 14 heteroatoms. The van der Waals surface area contributed by atoms with E-state index in [0.717, 1.165) is 22.3 Å². The van der Waals surface area contributed by atoms with Crippen molar-refractivity contribution in [1.82, 2.24) is 0 Å². The van der Waals surface area contributed by atoms with E-state index >= 15 is 0 Å². The van der Waals surface area contributed by atoms with Crippen molar-refractivity contribution < 1.29 is 66.4 Å². The van der Waals surface area contributed by atoms with Crippen LogP contribution in [0.25, 0.3) is 0 Å². The molecule has 0 spiro atoms. The predicted molar refractivity (Wildman–Crippen MR) is 179 cm³/mol. The molecule has 4 aromatic rings. The lowest BCUT2D eigenvalue weighted by Gasteiger charge is -2.15. The molecular formula is C40H32O14. The highest BCUT2D eigenvalue weighted by Gasteiger charge is 2.56. The molecule has 54 heavy (non-hydrogen) atoms. The van der Waals surface area contributed by atoms with Gasteiger partial charge >= 0.3 is 11.9 Å². The summed E-state index contributed by atoms with van der Waals surface area (Å²) in [5.41, 5.74) is 3.59. The SMILES string of the molecule is O=C1O[C@H](c2ccc3c(c2)OCO3)[C@H]2CO[C@@H](c3ccc4c(c3)OCO4)[C@@H]12.O=C1O[C@H](c2ccc3c(c2)OCO3)[C@H]2CO[C@@H](c3ccc4c(c3)OCO4)[C@@H]12. The van der Waals surface area contributed by atoms with Gasteiger partial charge in [0.2, 0.25) is 27.2 Å². The Kier molecular flexibility index (Phi) is 7.24. The molecular weight excluding hydrogens is 704 g/mol. The summed E-state index contributed by atoms with van der Waals surface area (Å²) in [6.07, 6.45) is -1.40. The monoisotopic (exact) mass is 736 g/mol. The summed E-state index contributed by atoms with van der Waals surface area (Å²) in [5, 5.41) is 0. The molecule has 0 saturated carbocycles. The second-order valence-corrected chi connectivity index (χ2v) is 14.1. The molecule has 0 amide bonds. The molecule has 0 N–H and O–H groups in total. The minimum atomic E-state index is -0.351. The number of hydrogen-bond donors (Lipinski definition) is 0. The summed E-state index contributed by atoms with van der Waals surface area (Å²) in [7, 11) is 0. The van der Waals surface area contributed by atoms with Gasteiger partial charge in [0.15, 0.2) is 46.0 Å². The average Bonchev–Trinajstić information content (AvgIpc) is 4.04. The Morgan fingerprint density at radius 2 is 0.667 bits per heavy atom. The Morgan fingerprint density at radius 3 is 1.00 bits per heavy atom. The fourth-order valence-corrected chi connectivity index (χ4v) is 8.62. The Hall–Kier alpha value is -5.86. The molecule has 0 unspecified atom stereocenters. The Morgan fingerprint density at radius 1 is 0.370 bits per heavy atom. The topological polar surface area (TPSA) is 145 Å². The maximum Gasteiger partial charge on any atom is 0.313 e. The Labute approximate surface area is 307 Å². The quantitative estimate of drug-likeness (QED) is 0.244. The lowest BCUT2D eigenvalue weighted by atomic mass is 9.84. The molecule has 4 fully saturated rings. The summed E-state index contributed by atoms with van der Waals surface area (Å²) < 4.78 is 66.8. The first-order chi connectivity index (χ1) is 26.6. The number of carbonyl (C=O) groups excluding carboxylic acids is 2. The zero-order chi connectivity index (χ0) is 35.9. The largest absolute Gasteiger partial charge is 0.457 e. The van der Waals surface area contributed by atoms with Crippen molar-refractivity contribution in [3.8, 4) is 46.0 Å². The van der Waals surface area contributed by atoms with Crippen LogP contribution in [0.5, 0.6) is 46.0 Å². The summed E-state index contributed by atoms with van der Waals surface area (Å²) in [6.45, 7) is 1.76. The zero-order valence-corrected chi connectivity index (χ0v) is 28.5. The first kappa shape index (κ1) is 31.6. The molecule has 276 valence electrons. The average molecular weight is 737 g/mol. The van der Waals surface area contributed by atoms with E-state index < -0.39 is 0 Å². The van der Waals surface area contributed by atoms with E-state index in [0.29, 0.717) is 59.2 Å². The molecule has 14 nitrogen and oxygen atoms in total. The minimum absolute atomic E-state index is 0.0479. The molecule has 12 rings (SSSR count). The highest BCUT2D eigenvalue weighted by molar-refractivity contribution is 5.78. The van der Waals surface area contributed by atoms with Gasteiger partial charge in [-0.15, -0.1) is 0 Å². The molecule has 0 radical (unpaired) electrons. The van der Waals surface area contributed by atoms with E-state index in [1.54, 1.807) is 0 Å². The first-order valence-corrected chi connectivity index (χ1v) is 17.8. The maximum atomic E-state index is 12.7. The highest BCUT2D eigenvalue weighted by atomic mass is 16.7. The van der Waals surface area contributed by atoms with Crippen molar-refractivity contribution >= 4 is 11.9 Å². The molecule has 4 aromatic carbocycles. The van der Waals surface area contributed by atoms with Gasteiger partial charge in [-0.25, -0.2) is 0 Å². The van der Waals surface area contributed by atoms with E-state index in [1.807, 2.05) is 72.8 Å². The smallest absolute Gasteiger partial charge is 0.313 e. The van der Waals surface area contributed by atoms with Crippen LogP contribution in [0.4, 0.5) is 0 Å². The number of carbonyl (C=O) groups is 2. The zero-order valence-electron chi connectivity index (χ0n) is 28.5. The molecule has 8 aliphatic heterocycles. The van der Waals surface area contributed by atoms with Gasteiger partial charge in [-0.05, 0) is 70.8 Å². The van der Waals surface area contributed by atoms with Crippen molar-refractivity contribution in [2.45, 2.75) is 24.4 Å². The van der Waals surface area contributed by atoms with Crippen LogP contribution in [-0.4, -0.2) is 52.3 Å². The second-order valence-electron chi connectivity index (χ2n) is 14.1. The summed E-state index contributed by atoms with van der Waals surface area (Å²) in [4.78, 5) is 25.4. The van der Waals surface area contributed by atoms with Gasteiger partial charge in [-0.3, -0.25) is 9.59 Å². The van der Waals surface area contributed by atoms with Crippen molar-refractivity contribution in [3.05, 3.63) is 95.1 Å². The van der Waals surface area contributed by atoms with Gasteiger partial charge in [-0.1, -0.05) is 24.3 Å². The maximum absolute atomic E-state index is 12.7. The summed E-state index contributed by atoms with van der Waals surface area (Å²) >= 11 is 0. The van der Waals surface area contributed by atoms with Crippen LogP contribution in [0.3, 0.4) is 0 Å². The van der Waals surface area contributed by atoms with E-state index in [2.05, 4.69) is 0 Å². The van der Waals surface area contributed by atoms with Gasteiger partial charge in [0.1, 0.15) is 12.2 Å². The molecule has 4 saturated heterocycles. The van der Waals surface area contributed by atoms with Crippen LogP contribution in [0.2, 0.25) is 0 Å². The van der Waals surface area contributed by atoms with E-state index in [1.165, 1.54) is 0 Å². The lowest BCUT2D eigenvalue weighted by molar-refractivity contribution is -0.149. The molecule has 8 aliphatic rings. The first-order valence-electron chi connectivity index (χ1n) is 17.8. The van der Waals surface area contributed by atoms with Crippen molar-refractivity contribution in [1.29, 1.82) is 0 Å². The summed E-state index contributed by atoms with van der Waals surface area (Å²) in [5.74, 6) is 4.30. The number of esters is 2. The summed E-state index contributed by atoms with van der Waals surface area (Å²) in [6, 6.07) is 22.6. The normalized spacial score (nSPS) is 29.7. The van der Waals surface area contributed by atoms with Crippen LogP contribution in [0, 0.1) is 23.7 Å². The third kappa shape index (κ3) is 5.07. The lowest BCUT2D eigenvalue weighted by Crippen LogP contribution is -2.17. The van der Waals surface area contributed by atoms with E-state index in [4.69, 9.17) is 56.8 Å². The fourth-order valence-electron chi connectivity index (χ4n) is 8.62. The highest BCUT2D eigenvalue weighted by Crippen LogP contribution is 2.54. The third-order valence-corrected chi connectivity index (χ3v) is 11.2. The number of fused-ring (bicyclic) bond motifs is 6. The number of ether oxygens (including phenoxy) is 12. The van der Waals surface area contributed by atoms with Crippen molar-refractivity contribution in [3.63, 3.8) is 0 Å². The van der Waals surface area contributed by atoms with Gasteiger partial charge in [0.05, 0.1) is 37.3 Å². The fraction of sp³-hybridized carbons (Fsp3) is 0.350. The molecule has 8 heterocycles. The van der Waals surface area contributed by atoms with Crippen molar-refractivity contribution in [2.24, 2.45) is 23.7 Å². The standard InChI is InChI=1S/2C20H16O7/c2*21-20-17-12(18(27-20)10-1-3-13-15(5-10)25-8-23-13)7-22-19(17)11-2-4-14-16(6-11)26-9-24-14/h2*1-6,12,17-19H,7-9H2/t2*12-,17-,18+,19-/m00/s1. The third-order valence-electron chi connectivity index (χ3n) is 11.2. The second kappa shape index (κ2) is 12.4. The molecule has 0 aromatic heterocycles. The van der Waals surface area contributed by atoms with Gasteiger partial charge in [0, 0.05) is 11.8 Å². The Bertz CT molecular complexity index is 1920. The van der Waals surface area contributed by atoms with Crippen LogP contribution in [-0.2, 0) is 28.5 Å². The number of benzene rings is 4. The van der Waals surface area contributed by atoms with Crippen LogP contribution < -0.4 is 37.9 Å².